The van der Waals surface area contributed by atoms with Crippen LogP contribution in [0.2, 0.25) is 0 Å². The predicted octanol–water partition coefficient (Wildman–Crippen LogP) is 3.77. The molecule has 1 nitrogen and oxygen atoms in total. The molecule has 15 heavy (non-hydrogen) atoms. The number of hydrogen-bond donors (Lipinski definition) is 1. The Kier molecular flexibility index (Phi) is 3.15. The molecule has 0 spiro atoms. The van der Waals surface area contributed by atoms with E-state index >= 15 is 0 Å². The van der Waals surface area contributed by atoms with Gasteiger partial charge in [-0.2, -0.15) is 0 Å². The number of hydrogen-bond acceptors (Lipinski definition) is 3. The number of thioether (sulfide) groups is 1. The van der Waals surface area contributed by atoms with Crippen molar-refractivity contribution < 1.29 is 0 Å². The molecule has 1 aliphatic heterocycles. The van der Waals surface area contributed by atoms with Gasteiger partial charge >= 0.3 is 0 Å². The first-order valence-corrected chi connectivity index (χ1v) is 7.22. The molecule has 0 aliphatic carbocycles. The Labute approximate surface area is 101 Å². The highest BCUT2D eigenvalue weighted by Crippen LogP contribution is 2.40. The van der Waals surface area contributed by atoms with Crippen LogP contribution in [0, 0.1) is 0 Å². The molecule has 0 amide bonds. The van der Waals surface area contributed by atoms with Crippen LogP contribution in [0.5, 0.6) is 0 Å². The molecule has 1 aliphatic rings. The van der Waals surface area contributed by atoms with Gasteiger partial charge in [-0.15, -0.1) is 23.1 Å². The van der Waals surface area contributed by atoms with E-state index in [1.165, 1.54) is 9.75 Å². The van der Waals surface area contributed by atoms with Crippen LogP contribution in [-0.4, -0.2) is 11.8 Å². The first kappa shape index (κ1) is 11.5. The highest BCUT2D eigenvalue weighted by molar-refractivity contribution is 8.00. The van der Waals surface area contributed by atoms with Crippen molar-refractivity contribution in [1.82, 2.24) is 5.32 Å². The van der Waals surface area contributed by atoms with Crippen molar-refractivity contribution in [3.63, 3.8) is 0 Å². The van der Waals surface area contributed by atoms with Gasteiger partial charge in [-0.3, -0.25) is 5.32 Å². The topological polar surface area (TPSA) is 12.0 Å². The van der Waals surface area contributed by atoms with E-state index in [2.05, 4.69) is 45.1 Å². The van der Waals surface area contributed by atoms with E-state index in [-0.39, 0.29) is 5.41 Å². The van der Waals surface area contributed by atoms with Crippen molar-refractivity contribution in [3.8, 4) is 0 Å². The Morgan fingerprint density at radius 1 is 1.33 bits per heavy atom. The molecule has 1 aromatic rings. The lowest BCUT2D eigenvalue weighted by Crippen LogP contribution is -2.13. The summed E-state index contributed by atoms with van der Waals surface area (Å²) in [4.78, 5) is 2.97. The third-order valence-electron chi connectivity index (χ3n) is 2.58. The molecule has 2 heterocycles. The van der Waals surface area contributed by atoms with Gasteiger partial charge in [0.15, 0.2) is 0 Å². The van der Waals surface area contributed by atoms with Crippen molar-refractivity contribution in [3.05, 3.63) is 21.9 Å². The Bertz CT molecular complexity index is 338. The second-order valence-electron chi connectivity index (χ2n) is 5.19. The fourth-order valence-electron chi connectivity index (χ4n) is 1.67. The maximum Gasteiger partial charge on any atom is 0.0886 e. The Balaban J connectivity index is 2.14. The molecule has 1 saturated heterocycles. The van der Waals surface area contributed by atoms with Gasteiger partial charge < -0.3 is 0 Å². The first-order chi connectivity index (χ1) is 6.97. The van der Waals surface area contributed by atoms with Crippen LogP contribution in [0.25, 0.3) is 0 Å². The second-order valence-corrected chi connectivity index (χ2v) is 7.85. The van der Waals surface area contributed by atoms with Crippen molar-refractivity contribution >= 4 is 23.1 Å². The van der Waals surface area contributed by atoms with Crippen LogP contribution in [-0.2, 0) is 5.41 Å². The molecular weight excluding hydrogens is 222 g/mol. The van der Waals surface area contributed by atoms with Gasteiger partial charge in [0.2, 0.25) is 0 Å². The van der Waals surface area contributed by atoms with Crippen LogP contribution >= 0.6 is 23.1 Å². The third-order valence-corrected chi connectivity index (χ3v) is 5.63. The fraction of sp³-hybridized carbons (Fsp3) is 0.667. The predicted molar refractivity (Wildman–Crippen MR) is 70.8 cm³/mol. The Morgan fingerprint density at radius 3 is 2.53 bits per heavy atom. The van der Waals surface area contributed by atoms with E-state index in [1.807, 2.05) is 23.1 Å². The SMILES string of the molecule is CC1CNC(c2ccc(C(C)(C)C)s2)S1. The zero-order chi connectivity index (χ0) is 11.1. The summed E-state index contributed by atoms with van der Waals surface area (Å²) in [6.45, 7) is 10.3. The van der Waals surface area contributed by atoms with Crippen LogP contribution in [0.4, 0.5) is 0 Å². The monoisotopic (exact) mass is 241 g/mol. The molecule has 0 radical (unpaired) electrons. The summed E-state index contributed by atoms with van der Waals surface area (Å²) in [5.41, 5.74) is 0.289. The van der Waals surface area contributed by atoms with Crippen LogP contribution in [0.1, 0.15) is 42.8 Å². The molecule has 1 fully saturated rings. The fourth-order valence-corrected chi connectivity index (χ4v) is 4.06. The zero-order valence-electron chi connectivity index (χ0n) is 9.83. The highest BCUT2D eigenvalue weighted by atomic mass is 32.2. The summed E-state index contributed by atoms with van der Waals surface area (Å²) in [6, 6.07) is 4.57. The van der Waals surface area contributed by atoms with E-state index in [1.54, 1.807) is 0 Å². The van der Waals surface area contributed by atoms with Gasteiger partial charge in [-0.1, -0.05) is 27.7 Å². The third kappa shape index (κ3) is 2.58. The second kappa shape index (κ2) is 4.11. The zero-order valence-corrected chi connectivity index (χ0v) is 11.5. The maximum absolute atomic E-state index is 3.56. The molecule has 84 valence electrons. The van der Waals surface area contributed by atoms with E-state index in [4.69, 9.17) is 0 Å². The maximum atomic E-state index is 3.56. The van der Waals surface area contributed by atoms with Crippen molar-refractivity contribution in [1.29, 1.82) is 0 Å². The van der Waals surface area contributed by atoms with Gasteiger partial charge in [-0.25, -0.2) is 0 Å². The summed E-state index contributed by atoms with van der Waals surface area (Å²) >= 11 is 4.00. The lowest BCUT2D eigenvalue weighted by molar-refractivity contribution is 0.604. The van der Waals surface area contributed by atoms with Gasteiger partial charge in [-0.05, 0) is 17.5 Å². The van der Waals surface area contributed by atoms with Gasteiger partial charge in [0.1, 0.15) is 0 Å². The van der Waals surface area contributed by atoms with E-state index in [0.717, 1.165) is 11.8 Å². The quantitative estimate of drug-likeness (QED) is 0.803. The van der Waals surface area contributed by atoms with E-state index in [9.17, 15) is 0 Å². The van der Waals surface area contributed by atoms with Crippen molar-refractivity contribution in [2.45, 2.75) is 43.7 Å². The molecule has 0 bridgehead atoms. The van der Waals surface area contributed by atoms with Gasteiger partial charge in [0.25, 0.3) is 0 Å². The van der Waals surface area contributed by atoms with Crippen LogP contribution in [0.3, 0.4) is 0 Å². The van der Waals surface area contributed by atoms with Crippen LogP contribution in [0.15, 0.2) is 12.1 Å². The van der Waals surface area contributed by atoms with Gasteiger partial charge in [0, 0.05) is 21.5 Å². The minimum atomic E-state index is 0.289. The lowest BCUT2D eigenvalue weighted by Gasteiger charge is -2.15. The average molecular weight is 241 g/mol. The first-order valence-electron chi connectivity index (χ1n) is 5.46. The largest absolute Gasteiger partial charge is 0.300 e. The molecule has 3 heteroatoms. The molecule has 2 unspecified atom stereocenters. The summed E-state index contributed by atoms with van der Waals surface area (Å²) in [7, 11) is 0. The average Bonchev–Trinajstić information content (AvgIpc) is 2.69. The molecule has 1 aromatic heterocycles. The van der Waals surface area contributed by atoms with Crippen molar-refractivity contribution in [2.75, 3.05) is 6.54 Å². The number of rotatable bonds is 1. The number of nitrogens with one attached hydrogen (secondary N) is 1. The van der Waals surface area contributed by atoms with E-state index < -0.39 is 0 Å². The summed E-state index contributed by atoms with van der Waals surface area (Å²) in [5, 5.41) is 4.84. The highest BCUT2D eigenvalue weighted by Gasteiger charge is 2.25. The standard InChI is InChI=1S/C12H19NS2/c1-8-7-13-11(14-8)9-5-6-10(15-9)12(2,3)4/h5-6,8,11,13H,7H2,1-4H3. The molecule has 2 rings (SSSR count). The van der Waals surface area contributed by atoms with Crippen molar-refractivity contribution in [2.24, 2.45) is 0 Å². The molecule has 2 atom stereocenters. The summed E-state index contributed by atoms with van der Waals surface area (Å²) in [5.74, 6) is 0. The van der Waals surface area contributed by atoms with Gasteiger partial charge in [0.05, 0.1) is 5.37 Å². The normalized spacial score (nSPS) is 27.2. The summed E-state index contributed by atoms with van der Waals surface area (Å²) in [6.07, 6.45) is 0. The Hall–Kier alpha value is 0.01000. The molecule has 0 saturated carbocycles. The lowest BCUT2D eigenvalue weighted by atomic mass is 9.95. The summed E-state index contributed by atoms with van der Waals surface area (Å²) < 4.78 is 0. The molecule has 0 aromatic carbocycles. The van der Waals surface area contributed by atoms with Crippen LogP contribution < -0.4 is 5.32 Å². The number of thiophene rings is 1. The molecular formula is C12H19NS2. The van der Waals surface area contributed by atoms with E-state index in [0.29, 0.717) is 5.37 Å². The minimum absolute atomic E-state index is 0.289. The smallest absolute Gasteiger partial charge is 0.0886 e. The Morgan fingerprint density at radius 2 is 2.07 bits per heavy atom. The minimum Gasteiger partial charge on any atom is -0.300 e. The molecule has 1 N–H and O–H groups in total.